The standard InChI is InChI=1S/C13H18BrFN2O2/c1-17(9-13(18)16-5-6-19-2)8-10-3-4-11(15)7-12(10)14/h3-4,7H,5-6,8-9H2,1-2H3,(H,16,18). The van der Waals surface area contributed by atoms with E-state index >= 15 is 0 Å². The molecule has 4 nitrogen and oxygen atoms in total. The predicted molar refractivity (Wildman–Crippen MR) is 75.3 cm³/mol. The summed E-state index contributed by atoms with van der Waals surface area (Å²) in [6.07, 6.45) is 0. The molecule has 0 aliphatic carbocycles. The van der Waals surface area contributed by atoms with Crippen molar-refractivity contribution in [2.45, 2.75) is 6.54 Å². The van der Waals surface area contributed by atoms with Gasteiger partial charge in [-0.3, -0.25) is 9.69 Å². The van der Waals surface area contributed by atoms with Crippen molar-refractivity contribution in [3.63, 3.8) is 0 Å². The first-order valence-electron chi connectivity index (χ1n) is 5.91. The lowest BCUT2D eigenvalue weighted by molar-refractivity contribution is -0.122. The van der Waals surface area contributed by atoms with Crippen LogP contribution in [-0.4, -0.2) is 44.7 Å². The van der Waals surface area contributed by atoms with Crippen LogP contribution in [0.4, 0.5) is 4.39 Å². The molecule has 19 heavy (non-hydrogen) atoms. The van der Waals surface area contributed by atoms with Crippen LogP contribution in [0, 0.1) is 5.82 Å². The third kappa shape index (κ3) is 6.13. The minimum Gasteiger partial charge on any atom is -0.383 e. The van der Waals surface area contributed by atoms with Gasteiger partial charge < -0.3 is 10.1 Å². The summed E-state index contributed by atoms with van der Waals surface area (Å²) in [6.45, 7) is 1.86. The van der Waals surface area contributed by atoms with E-state index in [1.165, 1.54) is 12.1 Å². The molecule has 0 bridgehead atoms. The Kier molecular flexibility index (Phi) is 6.97. The monoisotopic (exact) mass is 332 g/mol. The maximum absolute atomic E-state index is 12.9. The molecule has 0 saturated carbocycles. The molecular formula is C13H18BrFN2O2. The molecule has 0 unspecified atom stereocenters. The van der Waals surface area contributed by atoms with Crippen LogP contribution in [0.1, 0.15) is 5.56 Å². The molecule has 1 aromatic carbocycles. The van der Waals surface area contributed by atoms with E-state index in [1.807, 2.05) is 11.9 Å². The number of rotatable bonds is 7. The number of nitrogens with zero attached hydrogens (tertiary/aromatic N) is 1. The van der Waals surface area contributed by atoms with Crippen LogP contribution >= 0.6 is 15.9 Å². The number of hydrogen-bond acceptors (Lipinski definition) is 3. The number of hydrogen-bond donors (Lipinski definition) is 1. The van der Waals surface area contributed by atoms with Gasteiger partial charge in [0.05, 0.1) is 13.2 Å². The molecule has 1 aromatic rings. The van der Waals surface area contributed by atoms with Gasteiger partial charge in [-0.1, -0.05) is 22.0 Å². The highest BCUT2D eigenvalue weighted by molar-refractivity contribution is 9.10. The number of amides is 1. The molecular weight excluding hydrogens is 315 g/mol. The number of ether oxygens (including phenoxy) is 1. The number of carbonyl (C=O) groups is 1. The van der Waals surface area contributed by atoms with Crippen LogP contribution in [0.25, 0.3) is 0 Å². The molecule has 0 atom stereocenters. The van der Waals surface area contributed by atoms with Crippen LogP contribution in [0.3, 0.4) is 0 Å². The van der Waals surface area contributed by atoms with E-state index in [1.54, 1.807) is 13.2 Å². The molecule has 0 aromatic heterocycles. The minimum atomic E-state index is -0.282. The average molecular weight is 333 g/mol. The first-order chi connectivity index (χ1) is 9.02. The van der Waals surface area contributed by atoms with Crippen molar-refractivity contribution < 1.29 is 13.9 Å². The van der Waals surface area contributed by atoms with Crippen molar-refractivity contribution >= 4 is 21.8 Å². The number of likely N-dealkylation sites (N-methyl/N-ethyl adjacent to an activating group) is 1. The molecule has 0 radical (unpaired) electrons. The van der Waals surface area contributed by atoms with Crippen molar-refractivity contribution in [1.29, 1.82) is 0 Å². The van der Waals surface area contributed by atoms with E-state index in [4.69, 9.17) is 4.74 Å². The molecule has 0 aliphatic heterocycles. The van der Waals surface area contributed by atoms with Gasteiger partial charge in [0.15, 0.2) is 0 Å². The number of halogens is 2. The fraction of sp³-hybridized carbons (Fsp3) is 0.462. The second-order valence-electron chi connectivity index (χ2n) is 4.25. The highest BCUT2D eigenvalue weighted by Gasteiger charge is 2.09. The zero-order valence-corrected chi connectivity index (χ0v) is 12.7. The highest BCUT2D eigenvalue weighted by atomic mass is 79.9. The van der Waals surface area contributed by atoms with Gasteiger partial charge in [0, 0.05) is 24.7 Å². The Morgan fingerprint density at radius 2 is 2.26 bits per heavy atom. The van der Waals surface area contributed by atoms with E-state index in [0.717, 1.165) is 5.56 Å². The summed E-state index contributed by atoms with van der Waals surface area (Å²) >= 11 is 3.31. The summed E-state index contributed by atoms with van der Waals surface area (Å²) in [5.41, 5.74) is 0.939. The topological polar surface area (TPSA) is 41.6 Å². The Morgan fingerprint density at radius 1 is 1.53 bits per heavy atom. The van der Waals surface area contributed by atoms with E-state index in [9.17, 15) is 9.18 Å². The fourth-order valence-electron chi connectivity index (χ4n) is 1.59. The maximum Gasteiger partial charge on any atom is 0.234 e. The normalized spacial score (nSPS) is 10.8. The van der Waals surface area contributed by atoms with Crippen LogP contribution < -0.4 is 5.32 Å². The molecule has 106 valence electrons. The van der Waals surface area contributed by atoms with Crippen molar-refractivity contribution in [2.24, 2.45) is 0 Å². The van der Waals surface area contributed by atoms with E-state index < -0.39 is 0 Å². The smallest absolute Gasteiger partial charge is 0.234 e. The third-order valence-electron chi connectivity index (χ3n) is 2.50. The fourth-order valence-corrected chi connectivity index (χ4v) is 2.07. The zero-order chi connectivity index (χ0) is 14.3. The van der Waals surface area contributed by atoms with Gasteiger partial charge in [0.2, 0.25) is 5.91 Å². The zero-order valence-electron chi connectivity index (χ0n) is 11.1. The van der Waals surface area contributed by atoms with E-state index in [-0.39, 0.29) is 18.3 Å². The molecule has 0 heterocycles. The summed E-state index contributed by atoms with van der Waals surface area (Å²) in [6, 6.07) is 4.53. The lowest BCUT2D eigenvalue weighted by Gasteiger charge is -2.17. The van der Waals surface area contributed by atoms with Gasteiger partial charge >= 0.3 is 0 Å². The predicted octanol–water partition coefficient (Wildman–Crippen LogP) is 1.78. The van der Waals surface area contributed by atoms with Gasteiger partial charge in [-0.2, -0.15) is 0 Å². The average Bonchev–Trinajstić information content (AvgIpc) is 2.33. The lowest BCUT2D eigenvalue weighted by atomic mass is 10.2. The number of benzene rings is 1. The Morgan fingerprint density at radius 3 is 2.89 bits per heavy atom. The van der Waals surface area contributed by atoms with Crippen molar-refractivity contribution in [1.82, 2.24) is 10.2 Å². The highest BCUT2D eigenvalue weighted by Crippen LogP contribution is 2.19. The molecule has 6 heteroatoms. The van der Waals surface area contributed by atoms with E-state index in [2.05, 4.69) is 21.2 Å². The Labute approximate surface area is 121 Å². The van der Waals surface area contributed by atoms with Gasteiger partial charge in [0.25, 0.3) is 0 Å². The molecule has 0 fully saturated rings. The van der Waals surface area contributed by atoms with Crippen LogP contribution in [-0.2, 0) is 16.1 Å². The van der Waals surface area contributed by atoms with Crippen molar-refractivity contribution in [3.8, 4) is 0 Å². The lowest BCUT2D eigenvalue weighted by Crippen LogP contribution is -2.36. The molecule has 1 N–H and O–H groups in total. The van der Waals surface area contributed by atoms with E-state index in [0.29, 0.717) is 24.2 Å². The molecule has 1 rings (SSSR count). The Bertz CT molecular complexity index is 429. The summed E-state index contributed by atoms with van der Waals surface area (Å²) in [7, 11) is 3.43. The SMILES string of the molecule is COCCNC(=O)CN(C)Cc1ccc(F)cc1Br. The number of carbonyl (C=O) groups excluding carboxylic acids is 1. The molecule has 0 aliphatic rings. The third-order valence-corrected chi connectivity index (χ3v) is 3.24. The second kappa shape index (κ2) is 8.24. The summed E-state index contributed by atoms with van der Waals surface area (Å²) < 4.78 is 18.5. The number of methoxy groups -OCH3 is 1. The largest absolute Gasteiger partial charge is 0.383 e. The van der Waals surface area contributed by atoms with Gasteiger partial charge in [-0.15, -0.1) is 0 Å². The minimum absolute atomic E-state index is 0.0576. The first kappa shape index (κ1) is 16.1. The Balaban J connectivity index is 2.42. The number of nitrogens with one attached hydrogen (secondary N) is 1. The molecule has 1 amide bonds. The van der Waals surface area contributed by atoms with Crippen molar-refractivity contribution in [2.75, 3.05) is 33.9 Å². The summed E-state index contributed by atoms with van der Waals surface area (Å²) in [5, 5.41) is 2.75. The van der Waals surface area contributed by atoms with Crippen LogP contribution in [0.5, 0.6) is 0 Å². The van der Waals surface area contributed by atoms with Gasteiger partial charge in [-0.05, 0) is 24.7 Å². The first-order valence-corrected chi connectivity index (χ1v) is 6.70. The summed E-state index contributed by atoms with van der Waals surface area (Å²) in [4.78, 5) is 13.4. The Hall–Kier alpha value is -0.980. The van der Waals surface area contributed by atoms with Gasteiger partial charge in [-0.25, -0.2) is 4.39 Å². The quantitative estimate of drug-likeness (QED) is 0.774. The van der Waals surface area contributed by atoms with Crippen LogP contribution in [0.2, 0.25) is 0 Å². The second-order valence-corrected chi connectivity index (χ2v) is 5.11. The van der Waals surface area contributed by atoms with Crippen molar-refractivity contribution in [3.05, 3.63) is 34.1 Å². The maximum atomic E-state index is 12.9. The van der Waals surface area contributed by atoms with Crippen LogP contribution in [0.15, 0.2) is 22.7 Å². The molecule has 0 saturated heterocycles. The van der Waals surface area contributed by atoms with Gasteiger partial charge in [0.1, 0.15) is 5.82 Å². The summed E-state index contributed by atoms with van der Waals surface area (Å²) in [5.74, 6) is -0.339. The molecule has 0 spiro atoms.